The van der Waals surface area contributed by atoms with E-state index in [2.05, 4.69) is 0 Å². The smallest absolute Gasteiger partial charge is 0.324 e. The van der Waals surface area contributed by atoms with Crippen molar-refractivity contribution in [2.45, 2.75) is 57.8 Å². The molecule has 0 aliphatic heterocycles. The molecule has 1 atom stereocenters. The van der Waals surface area contributed by atoms with Gasteiger partial charge < -0.3 is 19.6 Å². The van der Waals surface area contributed by atoms with Crippen molar-refractivity contribution in [3.8, 4) is 0 Å². The Labute approximate surface area is 108 Å². The highest BCUT2D eigenvalue weighted by Gasteiger charge is 2.56. The molecule has 18 heavy (non-hydrogen) atoms. The van der Waals surface area contributed by atoms with E-state index in [1.165, 1.54) is 0 Å². The van der Waals surface area contributed by atoms with Crippen molar-refractivity contribution < 1.29 is 28.7 Å². The molecule has 0 fully saturated rings. The van der Waals surface area contributed by atoms with Crippen LogP contribution >= 0.6 is 15.2 Å². The maximum absolute atomic E-state index is 11.4. The van der Waals surface area contributed by atoms with E-state index < -0.39 is 20.1 Å². The van der Waals surface area contributed by atoms with E-state index >= 15 is 0 Å². The van der Waals surface area contributed by atoms with E-state index in [9.17, 15) is 28.7 Å². The van der Waals surface area contributed by atoms with Gasteiger partial charge in [0.05, 0.1) is 0 Å². The third kappa shape index (κ3) is 4.44. The summed E-state index contributed by atoms with van der Waals surface area (Å²) >= 11 is 0. The molecule has 8 heteroatoms. The van der Waals surface area contributed by atoms with Crippen LogP contribution in [0.4, 0.5) is 0 Å². The van der Waals surface area contributed by atoms with Gasteiger partial charge in [0, 0.05) is 0 Å². The van der Waals surface area contributed by atoms with Gasteiger partial charge in [-0.1, -0.05) is 39.5 Å². The van der Waals surface area contributed by atoms with Gasteiger partial charge in [-0.3, -0.25) is 9.13 Å². The van der Waals surface area contributed by atoms with Gasteiger partial charge in [-0.15, -0.1) is 0 Å². The Morgan fingerprint density at radius 1 is 1.06 bits per heavy atom. The molecule has 0 radical (unpaired) electrons. The molecule has 0 saturated heterocycles. The first-order valence-electron chi connectivity index (χ1n) is 6.10. The van der Waals surface area contributed by atoms with Crippen LogP contribution < -0.4 is 0 Å². The van der Waals surface area contributed by atoms with E-state index in [-0.39, 0.29) is 12.3 Å². The van der Waals surface area contributed by atoms with Gasteiger partial charge in [-0.05, 0) is 19.3 Å². The minimum Gasteiger partial charge on any atom is -0.324 e. The Hall–Kier alpha value is 0.300. The molecule has 0 rings (SSSR count). The average molecular weight is 302 g/mol. The first-order chi connectivity index (χ1) is 7.99. The lowest BCUT2D eigenvalue weighted by Gasteiger charge is -2.33. The molecule has 0 amide bonds. The maximum atomic E-state index is 11.4. The van der Waals surface area contributed by atoms with Crippen molar-refractivity contribution in [1.29, 1.82) is 0 Å². The Bertz CT molecular complexity index is 322. The van der Waals surface area contributed by atoms with Crippen molar-refractivity contribution in [2.24, 2.45) is 5.92 Å². The molecule has 6 nitrogen and oxygen atoms in total. The lowest BCUT2D eigenvalue weighted by molar-refractivity contribution is 0.284. The molecule has 1 unspecified atom stereocenters. The van der Waals surface area contributed by atoms with Gasteiger partial charge in [0.2, 0.25) is 0 Å². The van der Waals surface area contributed by atoms with E-state index in [1.54, 1.807) is 0 Å². The fraction of sp³-hybridized carbons (Fsp3) is 1.00. The van der Waals surface area contributed by atoms with Crippen LogP contribution in [0.3, 0.4) is 0 Å². The molecule has 0 bridgehead atoms. The number of unbranched alkanes of at least 4 members (excludes halogenated alkanes) is 1. The summed E-state index contributed by atoms with van der Waals surface area (Å²) in [6.07, 6.45) is 3.05. The molecule has 0 aromatic carbocycles. The molecular formula is C10H24O6P2. The zero-order valence-electron chi connectivity index (χ0n) is 11.1. The Kier molecular flexibility index (Phi) is 6.76. The first kappa shape index (κ1) is 18.3. The van der Waals surface area contributed by atoms with E-state index in [4.69, 9.17) is 0 Å². The molecule has 0 spiro atoms. The fourth-order valence-corrected chi connectivity index (χ4v) is 4.25. The predicted molar refractivity (Wildman–Crippen MR) is 70.4 cm³/mol. The van der Waals surface area contributed by atoms with Crippen LogP contribution in [0, 0.1) is 5.92 Å². The normalized spacial score (nSPS) is 15.7. The maximum Gasteiger partial charge on any atom is 0.343 e. The highest BCUT2D eigenvalue weighted by molar-refractivity contribution is 7.72. The van der Waals surface area contributed by atoms with Crippen LogP contribution in [-0.4, -0.2) is 24.5 Å². The lowest BCUT2D eigenvalue weighted by Crippen LogP contribution is -2.28. The lowest BCUT2D eigenvalue weighted by atomic mass is 9.94. The van der Waals surface area contributed by atoms with Crippen LogP contribution in [0.15, 0.2) is 0 Å². The van der Waals surface area contributed by atoms with Crippen LogP contribution in [0.2, 0.25) is 0 Å². The summed E-state index contributed by atoms with van der Waals surface area (Å²) < 4.78 is 22.9. The second-order valence-electron chi connectivity index (χ2n) is 4.93. The average Bonchev–Trinajstić information content (AvgIpc) is 2.20. The largest absolute Gasteiger partial charge is 0.343 e. The number of hydrogen-bond acceptors (Lipinski definition) is 2. The van der Waals surface area contributed by atoms with Crippen molar-refractivity contribution in [3.63, 3.8) is 0 Å². The molecule has 0 aliphatic carbocycles. The van der Waals surface area contributed by atoms with Crippen LogP contribution in [0.1, 0.15) is 52.9 Å². The van der Waals surface area contributed by atoms with Crippen LogP contribution in [0.25, 0.3) is 0 Å². The van der Waals surface area contributed by atoms with Gasteiger partial charge in [0.1, 0.15) is 0 Å². The standard InChI is InChI=1S/C10H24O6P2/c1-4-6-7-9(5-2)8-10(3,17(11,12)13)18(14,15)16/h9H,4-8H2,1-3H3,(H2,11,12,13)(H2,14,15,16). The van der Waals surface area contributed by atoms with Crippen molar-refractivity contribution in [3.05, 3.63) is 0 Å². The van der Waals surface area contributed by atoms with Gasteiger partial charge >= 0.3 is 15.2 Å². The molecule has 110 valence electrons. The topological polar surface area (TPSA) is 115 Å². The monoisotopic (exact) mass is 302 g/mol. The van der Waals surface area contributed by atoms with Crippen LogP contribution in [0.5, 0.6) is 0 Å². The second kappa shape index (κ2) is 6.65. The molecule has 0 saturated carbocycles. The number of rotatable bonds is 8. The fourth-order valence-electron chi connectivity index (χ4n) is 1.90. The molecule has 0 heterocycles. The molecule has 0 aromatic rings. The highest BCUT2D eigenvalue weighted by Crippen LogP contribution is 2.71. The Morgan fingerprint density at radius 3 is 1.78 bits per heavy atom. The first-order valence-corrected chi connectivity index (χ1v) is 9.33. The van der Waals surface area contributed by atoms with Crippen molar-refractivity contribution >= 4 is 15.2 Å². The Morgan fingerprint density at radius 2 is 1.50 bits per heavy atom. The summed E-state index contributed by atoms with van der Waals surface area (Å²) in [5, 5.41) is 0. The van der Waals surface area contributed by atoms with E-state index in [1.807, 2.05) is 13.8 Å². The minimum atomic E-state index is -4.87. The summed E-state index contributed by atoms with van der Waals surface area (Å²) in [5.41, 5.74) is 0. The SMILES string of the molecule is CCCCC(CC)CC(C)(P(=O)(O)O)P(=O)(O)O. The predicted octanol–water partition coefficient (Wildman–Crippen LogP) is 2.66. The van der Waals surface area contributed by atoms with Gasteiger partial charge in [0.25, 0.3) is 0 Å². The Balaban J connectivity index is 5.14. The summed E-state index contributed by atoms with van der Waals surface area (Å²) in [4.78, 5) is 34.8. The van der Waals surface area contributed by atoms with Gasteiger partial charge in [0.15, 0.2) is 4.90 Å². The van der Waals surface area contributed by atoms with Crippen molar-refractivity contribution in [1.82, 2.24) is 0 Å². The number of hydrogen-bond donors (Lipinski definition) is 4. The summed E-state index contributed by atoms with van der Waals surface area (Å²) in [6.45, 7) is 4.85. The molecular weight excluding hydrogens is 278 g/mol. The zero-order chi connectivity index (χ0) is 14.6. The van der Waals surface area contributed by atoms with Gasteiger partial charge in [-0.2, -0.15) is 0 Å². The summed E-state index contributed by atoms with van der Waals surface area (Å²) in [5.74, 6) is -0.0878. The third-order valence-corrected chi connectivity index (χ3v) is 7.91. The minimum absolute atomic E-state index is 0.0878. The zero-order valence-corrected chi connectivity index (χ0v) is 12.9. The highest BCUT2D eigenvalue weighted by atomic mass is 31.2. The van der Waals surface area contributed by atoms with E-state index in [0.29, 0.717) is 6.42 Å². The molecule has 4 N–H and O–H groups in total. The quantitative estimate of drug-likeness (QED) is 0.512. The van der Waals surface area contributed by atoms with Gasteiger partial charge in [-0.25, -0.2) is 0 Å². The molecule has 0 aromatic heterocycles. The van der Waals surface area contributed by atoms with E-state index in [0.717, 1.165) is 26.2 Å². The summed E-state index contributed by atoms with van der Waals surface area (Å²) in [6, 6.07) is 0. The third-order valence-electron chi connectivity index (χ3n) is 3.47. The van der Waals surface area contributed by atoms with Crippen molar-refractivity contribution in [2.75, 3.05) is 0 Å². The molecule has 0 aliphatic rings. The second-order valence-corrected chi connectivity index (χ2v) is 9.43. The van der Waals surface area contributed by atoms with Crippen LogP contribution in [-0.2, 0) is 9.13 Å². The summed E-state index contributed by atoms with van der Waals surface area (Å²) in [7, 11) is -9.74.